The summed E-state index contributed by atoms with van der Waals surface area (Å²) in [5.74, 6) is -0.00712. The largest absolute Gasteiger partial charge is 0.345 e. The van der Waals surface area contributed by atoms with Gasteiger partial charge in [-0.3, -0.25) is 19.3 Å². The van der Waals surface area contributed by atoms with Crippen molar-refractivity contribution >= 4 is 35.1 Å². The molecule has 2 aliphatic rings. The molecule has 0 radical (unpaired) electrons. The second kappa shape index (κ2) is 11.6. The van der Waals surface area contributed by atoms with Gasteiger partial charge in [-0.1, -0.05) is 30.7 Å². The summed E-state index contributed by atoms with van der Waals surface area (Å²) in [4.78, 5) is 48.9. The average molecular weight is 526 g/mol. The van der Waals surface area contributed by atoms with Crippen molar-refractivity contribution in [1.29, 1.82) is 0 Å². The van der Waals surface area contributed by atoms with Crippen LogP contribution in [0.2, 0.25) is 5.02 Å². The van der Waals surface area contributed by atoms with E-state index in [0.717, 1.165) is 48.8 Å². The van der Waals surface area contributed by atoms with Crippen molar-refractivity contribution in [3.63, 3.8) is 0 Å². The van der Waals surface area contributed by atoms with Crippen LogP contribution in [0.1, 0.15) is 59.8 Å². The lowest BCUT2D eigenvalue weighted by atomic mass is 10.0. The van der Waals surface area contributed by atoms with Crippen LogP contribution in [-0.2, 0) is 22.6 Å². The van der Waals surface area contributed by atoms with Gasteiger partial charge in [-0.15, -0.1) is 0 Å². The summed E-state index contributed by atoms with van der Waals surface area (Å²) in [5, 5.41) is 3.67. The Labute approximate surface area is 224 Å². The number of nitrogens with one attached hydrogen (secondary N) is 1. The van der Waals surface area contributed by atoms with Crippen LogP contribution in [0.3, 0.4) is 0 Å². The number of carbonyl (C=O) groups excluding carboxylic acids is 3. The number of likely N-dealkylation sites (tertiary alicyclic amines) is 2. The summed E-state index contributed by atoms with van der Waals surface area (Å²) >= 11 is 6.16. The molecule has 0 unspecified atom stereocenters. The number of hydrogen-bond acceptors (Lipinski definition) is 5. The van der Waals surface area contributed by atoms with Gasteiger partial charge >= 0.3 is 0 Å². The predicted molar refractivity (Wildman–Crippen MR) is 145 cm³/mol. The molecule has 2 aliphatic heterocycles. The number of halogens is 1. The molecule has 0 bridgehead atoms. The summed E-state index contributed by atoms with van der Waals surface area (Å²) in [7, 11) is 3.38. The Morgan fingerprint density at radius 1 is 1.14 bits per heavy atom. The zero-order valence-electron chi connectivity index (χ0n) is 22.1. The highest BCUT2D eigenvalue weighted by molar-refractivity contribution is 6.31. The second-order valence-electron chi connectivity index (χ2n) is 10.2. The molecule has 1 aromatic carbocycles. The number of nitrogens with zero attached hydrogens (tertiary/aromatic N) is 4. The number of pyridine rings is 1. The van der Waals surface area contributed by atoms with Gasteiger partial charge in [0.1, 0.15) is 11.9 Å². The number of aryl methyl sites for hydroxylation is 2. The van der Waals surface area contributed by atoms with Crippen LogP contribution in [0.4, 0.5) is 5.82 Å². The molecule has 3 amide bonds. The number of anilines is 1. The molecule has 1 aromatic heterocycles. The fourth-order valence-electron chi connectivity index (χ4n) is 5.26. The molecule has 8 nitrogen and oxygen atoms in total. The minimum atomic E-state index is -0.525. The Morgan fingerprint density at radius 2 is 1.86 bits per heavy atom. The summed E-state index contributed by atoms with van der Waals surface area (Å²) < 4.78 is 0. The zero-order chi connectivity index (χ0) is 26.7. The van der Waals surface area contributed by atoms with E-state index in [0.29, 0.717) is 30.6 Å². The van der Waals surface area contributed by atoms with Crippen LogP contribution < -0.4 is 5.32 Å². The Bertz CT molecular complexity index is 1180. The summed E-state index contributed by atoms with van der Waals surface area (Å²) in [6.07, 6.45) is 3.15. The maximum atomic E-state index is 13.3. The van der Waals surface area contributed by atoms with E-state index in [-0.39, 0.29) is 23.8 Å². The smallest absolute Gasteiger partial charge is 0.253 e. The fraction of sp³-hybridized carbons (Fsp3) is 0.500. The van der Waals surface area contributed by atoms with Crippen molar-refractivity contribution in [2.75, 3.05) is 32.5 Å². The Hall–Kier alpha value is -2.97. The zero-order valence-corrected chi connectivity index (χ0v) is 22.8. The normalized spacial score (nSPS) is 18.8. The van der Waals surface area contributed by atoms with E-state index in [2.05, 4.69) is 27.3 Å². The van der Waals surface area contributed by atoms with Gasteiger partial charge in [-0.2, -0.15) is 0 Å². The number of benzene rings is 1. The number of rotatable bonds is 7. The predicted octanol–water partition coefficient (Wildman–Crippen LogP) is 3.90. The average Bonchev–Trinajstić information content (AvgIpc) is 3.27. The van der Waals surface area contributed by atoms with E-state index in [1.807, 2.05) is 19.9 Å². The molecular formula is C28H36ClN5O3. The van der Waals surface area contributed by atoms with Gasteiger partial charge in [0.15, 0.2) is 0 Å². The molecule has 3 heterocycles. The number of amides is 3. The molecule has 0 aliphatic carbocycles. The molecule has 1 N–H and O–H groups in total. The summed E-state index contributed by atoms with van der Waals surface area (Å²) in [5.41, 5.74) is 3.51. The van der Waals surface area contributed by atoms with Crippen molar-refractivity contribution in [3.8, 4) is 0 Å². The first-order chi connectivity index (χ1) is 17.7. The van der Waals surface area contributed by atoms with Crippen LogP contribution in [0.25, 0.3) is 0 Å². The molecule has 0 spiro atoms. The molecule has 4 rings (SSSR count). The first-order valence-electron chi connectivity index (χ1n) is 13.0. The van der Waals surface area contributed by atoms with Crippen LogP contribution >= 0.6 is 11.6 Å². The Balaban J connectivity index is 1.41. The van der Waals surface area contributed by atoms with Crippen molar-refractivity contribution in [3.05, 3.63) is 57.7 Å². The van der Waals surface area contributed by atoms with Crippen LogP contribution in [-0.4, -0.2) is 76.7 Å². The van der Waals surface area contributed by atoms with Crippen molar-refractivity contribution in [1.82, 2.24) is 19.7 Å². The topological polar surface area (TPSA) is 85.8 Å². The number of hydrogen-bond donors (Lipinski definition) is 1. The lowest BCUT2D eigenvalue weighted by Crippen LogP contribution is -2.51. The van der Waals surface area contributed by atoms with Crippen molar-refractivity contribution in [2.24, 2.45) is 0 Å². The van der Waals surface area contributed by atoms with E-state index in [1.165, 1.54) is 10.5 Å². The lowest BCUT2D eigenvalue weighted by Gasteiger charge is -2.39. The second-order valence-corrected chi connectivity index (χ2v) is 10.6. The number of aromatic nitrogens is 1. The molecule has 198 valence electrons. The molecule has 1 atom stereocenters. The molecule has 2 fully saturated rings. The van der Waals surface area contributed by atoms with Gasteiger partial charge in [0.2, 0.25) is 11.8 Å². The van der Waals surface area contributed by atoms with Crippen LogP contribution in [0.5, 0.6) is 0 Å². The Kier molecular flexibility index (Phi) is 8.49. The SMILES string of the molecule is CCc1cc(C(=O)N(C)C)cc(NC(=O)[C@H]2CCC(=O)N2C2CCN(Cc3ccc(Cl)c(C)c3)CC2)n1. The first kappa shape index (κ1) is 27.1. The maximum absolute atomic E-state index is 13.3. The van der Waals surface area contributed by atoms with E-state index >= 15 is 0 Å². The fourth-order valence-corrected chi connectivity index (χ4v) is 5.38. The monoisotopic (exact) mass is 525 g/mol. The highest BCUT2D eigenvalue weighted by Crippen LogP contribution is 2.29. The molecule has 2 saturated heterocycles. The molecule has 2 aromatic rings. The minimum absolute atomic E-state index is 0.0330. The summed E-state index contributed by atoms with van der Waals surface area (Å²) in [6.45, 7) is 6.53. The van der Waals surface area contributed by atoms with E-state index in [4.69, 9.17) is 11.6 Å². The quantitative estimate of drug-likeness (QED) is 0.592. The first-order valence-corrected chi connectivity index (χ1v) is 13.4. The number of carbonyl (C=O) groups is 3. The number of piperidine rings is 1. The van der Waals surface area contributed by atoms with Gasteiger partial charge in [0.05, 0.1) is 0 Å². The van der Waals surface area contributed by atoms with E-state index < -0.39 is 6.04 Å². The minimum Gasteiger partial charge on any atom is -0.345 e. The Morgan fingerprint density at radius 3 is 2.51 bits per heavy atom. The summed E-state index contributed by atoms with van der Waals surface area (Å²) in [6, 6.07) is 9.00. The molecule has 9 heteroatoms. The van der Waals surface area contributed by atoms with Gasteiger partial charge < -0.3 is 15.1 Å². The highest BCUT2D eigenvalue weighted by Gasteiger charge is 2.41. The maximum Gasteiger partial charge on any atom is 0.253 e. The molecular weight excluding hydrogens is 490 g/mol. The van der Waals surface area contributed by atoms with Crippen molar-refractivity contribution in [2.45, 2.75) is 64.6 Å². The van der Waals surface area contributed by atoms with Crippen LogP contribution in [0, 0.1) is 6.92 Å². The van der Waals surface area contributed by atoms with Gasteiger partial charge in [0, 0.05) is 62.5 Å². The lowest BCUT2D eigenvalue weighted by molar-refractivity contribution is -0.136. The molecule has 37 heavy (non-hydrogen) atoms. The third-order valence-electron chi connectivity index (χ3n) is 7.28. The van der Waals surface area contributed by atoms with Crippen molar-refractivity contribution < 1.29 is 14.4 Å². The van der Waals surface area contributed by atoms with Crippen LogP contribution in [0.15, 0.2) is 30.3 Å². The van der Waals surface area contributed by atoms with Gasteiger partial charge in [0.25, 0.3) is 5.91 Å². The van der Waals surface area contributed by atoms with Gasteiger partial charge in [-0.25, -0.2) is 4.98 Å². The van der Waals surface area contributed by atoms with Gasteiger partial charge in [-0.05, 0) is 61.9 Å². The molecule has 0 saturated carbocycles. The van der Waals surface area contributed by atoms with E-state index in [9.17, 15) is 14.4 Å². The third-order valence-corrected chi connectivity index (χ3v) is 7.71. The standard InChI is InChI=1S/C28H36ClN5O3/c1-5-21-15-20(28(37)32(3)4)16-25(30-21)31-27(36)24-8-9-26(35)34(24)22-10-12-33(13-11-22)17-19-6-7-23(29)18(2)14-19/h6-7,14-16,22,24H,5,8-13,17H2,1-4H3,(H,30,31,36)/t24-/m1/s1. The third kappa shape index (κ3) is 6.30. The van der Waals surface area contributed by atoms with E-state index in [1.54, 1.807) is 31.1 Å². The highest BCUT2D eigenvalue weighted by atomic mass is 35.5.